The Morgan fingerprint density at radius 1 is 1.18 bits per heavy atom. The molecule has 0 aliphatic rings. The van der Waals surface area contributed by atoms with Gasteiger partial charge in [-0.2, -0.15) is 0 Å². The smallest absolute Gasteiger partial charge is 0.262 e. The lowest BCUT2D eigenvalue weighted by Crippen LogP contribution is -2.20. The van der Waals surface area contributed by atoms with Crippen LogP contribution in [-0.4, -0.2) is 25.9 Å². The molecule has 0 aliphatic heterocycles. The van der Waals surface area contributed by atoms with Crippen LogP contribution in [0.15, 0.2) is 42.5 Å². The van der Waals surface area contributed by atoms with Gasteiger partial charge in [-0.05, 0) is 42.8 Å². The van der Waals surface area contributed by atoms with Crippen LogP contribution in [0.1, 0.15) is 15.9 Å². The number of methoxy groups -OCH3 is 1. The average Bonchev–Trinajstić information content (AvgIpc) is 2.52. The van der Waals surface area contributed by atoms with Crippen LogP contribution in [0, 0.1) is 6.92 Å². The summed E-state index contributed by atoms with van der Waals surface area (Å²) in [5, 5.41) is 2.74. The highest BCUT2D eigenvalue weighted by Crippen LogP contribution is 2.27. The van der Waals surface area contributed by atoms with Crippen molar-refractivity contribution in [3.05, 3.63) is 53.6 Å². The second-order valence-corrected chi connectivity index (χ2v) is 4.73. The summed E-state index contributed by atoms with van der Waals surface area (Å²) >= 11 is 0. The zero-order valence-corrected chi connectivity index (χ0v) is 12.5. The Balaban J connectivity index is 2.00. The number of anilines is 1. The van der Waals surface area contributed by atoms with Crippen LogP contribution in [0.25, 0.3) is 0 Å². The summed E-state index contributed by atoms with van der Waals surface area (Å²) in [7, 11) is 1.50. The second kappa shape index (κ2) is 7.26. The molecule has 1 N–H and O–H groups in total. The molecule has 0 unspecified atom stereocenters. The number of hydrogen-bond donors (Lipinski definition) is 1. The first-order valence-electron chi connectivity index (χ1n) is 6.75. The lowest BCUT2D eigenvalue weighted by Gasteiger charge is -2.11. The maximum absolute atomic E-state index is 11.9. The van der Waals surface area contributed by atoms with E-state index in [2.05, 4.69) is 5.32 Å². The van der Waals surface area contributed by atoms with Crippen LogP contribution >= 0.6 is 0 Å². The molecule has 2 aromatic carbocycles. The molecule has 0 spiro atoms. The van der Waals surface area contributed by atoms with Gasteiger partial charge in [-0.15, -0.1) is 0 Å². The minimum atomic E-state index is -0.288. The molecule has 0 fully saturated rings. The molecule has 0 saturated heterocycles. The molecule has 5 heteroatoms. The quantitative estimate of drug-likeness (QED) is 0.833. The van der Waals surface area contributed by atoms with Crippen molar-refractivity contribution in [2.24, 2.45) is 0 Å². The van der Waals surface area contributed by atoms with Gasteiger partial charge in [0.15, 0.2) is 18.1 Å². The van der Waals surface area contributed by atoms with Crippen molar-refractivity contribution in [1.82, 2.24) is 0 Å². The largest absolute Gasteiger partial charge is 0.493 e. The first-order valence-corrected chi connectivity index (χ1v) is 6.75. The van der Waals surface area contributed by atoms with Gasteiger partial charge < -0.3 is 14.8 Å². The van der Waals surface area contributed by atoms with E-state index in [0.717, 1.165) is 5.56 Å². The second-order valence-electron chi connectivity index (χ2n) is 4.73. The van der Waals surface area contributed by atoms with E-state index in [1.165, 1.54) is 13.2 Å². The van der Waals surface area contributed by atoms with Gasteiger partial charge in [-0.1, -0.05) is 12.1 Å². The Hall–Kier alpha value is -2.82. The van der Waals surface area contributed by atoms with Gasteiger partial charge in [0.1, 0.15) is 6.29 Å². The van der Waals surface area contributed by atoms with Crippen molar-refractivity contribution in [3.63, 3.8) is 0 Å². The molecule has 0 saturated carbocycles. The van der Waals surface area contributed by atoms with Crippen molar-refractivity contribution in [2.45, 2.75) is 6.92 Å². The molecular weight excluding hydrogens is 282 g/mol. The number of carbonyl (C=O) groups excluding carboxylic acids is 2. The zero-order valence-electron chi connectivity index (χ0n) is 12.5. The van der Waals surface area contributed by atoms with E-state index in [-0.39, 0.29) is 12.5 Å². The Bertz CT molecular complexity index is 682. The van der Waals surface area contributed by atoms with Crippen molar-refractivity contribution < 1.29 is 19.1 Å². The first-order chi connectivity index (χ1) is 10.6. The number of hydrogen-bond acceptors (Lipinski definition) is 4. The van der Waals surface area contributed by atoms with Gasteiger partial charge in [0.25, 0.3) is 5.91 Å². The molecule has 0 atom stereocenters. The van der Waals surface area contributed by atoms with E-state index in [0.29, 0.717) is 29.0 Å². The first kappa shape index (κ1) is 15.6. The van der Waals surface area contributed by atoms with Crippen LogP contribution in [0.4, 0.5) is 5.69 Å². The molecule has 0 aromatic heterocycles. The third-order valence-corrected chi connectivity index (χ3v) is 2.98. The molecule has 0 aliphatic carbocycles. The van der Waals surface area contributed by atoms with Gasteiger partial charge in [0, 0.05) is 11.3 Å². The molecule has 0 bridgehead atoms. The monoisotopic (exact) mass is 299 g/mol. The topological polar surface area (TPSA) is 64.6 Å². The summed E-state index contributed by atoms with van der Waals surface area (Å²) < 4.78 is 10.6. The van der Waals surface area contributed by atoms with Crippen molar-refractivity contribution in [1.29, 1.82) is 0 Å². The highest BCUT2D eigenvalue weighted by Gasteiger charge is 2.09. The summed E-state index contributed by atoms with van der Waals surface area (Å²) in [4.78, 5) is 22.7. The normalized spacial score (nSPS) is 9.91. The maximum atomic E-state index is 11.9. The lowest BCUT2D eigenvalue weighted by atomic mass is 10.2. The van der Waals surface area contributed by atoms with Crippen molar-refractivity contribution >= 4 is 17.9 Å². The fourth-order valence-corrected chi connectivity index (χ4v) is 1.94. The summed E-state index contributed by atoms with van der Waals surface area (Å²) in [6, 6.07) is 12.3. The molecule has 22 heavy (non-hydrogen) atoms. The summed E-state index contributed by atoms with van der Waals surface area (Å²) in [6.07, 6.45) is 0.707. The fourth-order valence-electron chi connectivity index (χ4n) is 1.94. The third-order valence-electron chi connectivity index (χ3n) is 2.98. The fraction of sp³-hybridized carbons (Fsp3) is 0.176. The Kier molecular flexibility index (Phi) is 5.14. The van der Waals surface area contributed by atoms with E-state index < -0.39 is 0 Å². The van der Waals surface area contributed by atoms with Crippen LogP contribution < -0.4 is 14.8 Å². The number of carbonyl (C=O) groups is 2. The molecule has 1 amide bonds. The van der Waals surface area contributed by atoms with E-state index >= 15 is 0 Å². The Labute approximate surface area is 128 Å². The SMILES string of the molecule is COc1ccc(C=O)cc1OCC(=O)Nc1cccc(C)c1. The Morgan fingerprint density at radius 3 is 2.68 bits per heavy atom. The number of aryl methyl sites for hydroxylation is 1. The highest BCUT2D eigenvalue weighted by molar-refractivity contribution is 5.92. The number of amides is 1. The van der Waals surface area contributed by atoms with E-state index in [4.69, 9.17) is 9.47 Å². The van der Waals surface area contributed by atoms with E-state index in [1.807, 2.05) is 25.1 Å². The van der Waals surface area contributed by atoms with E-state index in [9.17, 15) is 9.59 Å². The predicted octanol–water partition coefficient (Wildman–Crippen LogP) is 2.83. The number of benzene rings is 2. The van der Waals surface area contributed by atoms with Crippen molar-refractivity contribution in [3.8, 4) is 11.5 Å². The zero-order chi connectivity index (χ0) is 15.9. The number of ether oxygens (including phenoxy) is 2. The van der Waals surface area contributed by atoms with Crippen molar-refractivity contribution in [2.75, 3.05) is 19.0 Å². The highest BCUT2D eigenvalue weighted by atomic mass is 16.5. The summed E-state index contributed by atoms with van der Waals surface area (Å²) in [5.41, 5.74) is 2.22. The van der Waals surface area contributed by atoms with Gasteiger partial charge in [-0.25, -0.2) is 0 Å². The van der Waals surface area contributed by atoms with Crippen LogP contribution in [0.2, 0.25) is 0 Å². The summed E-state index contributed by atoms with van der Waals surface area (Å²) in [5.74, 6) is 0.532. The van der Waals surface area contributed by atoms with E-state index in [1.54, 1.807) is 18.2 Å². The third kappa shape index (κ3) is 4.09. The molecule has 0 radical (unpaired) electrons. The molecule has 114 valence electrons. The van der Waals surface area contributed by atoms with Gasteiger partial charge >= 0.3 is 0 Å². The van der Waals surface area contributed by atoms with Crippen LogP contribution in [-0.2, 0) is 4.79 Å². The van der Waals surface area contributed by atoms with Gasteiger partial charge in [0.05, 0.1) is 7.11 Å². The lowest BCUT2D eigenvalue weighted by molar-refractivity contribution is -0.118. The summed E-state index contributed by atoms with van der Waals surface area (Å²) in [6.45, 7) is 1.77. The molecule has 2 aromatic rings. The van der Waals surface area contributed by atoms with Gasteiger partial charge in [0.2, 0.25) is 0 Å². The molecular formula is C17H17NO4. The number of rotatable bonds is 6. The molecule has 0 heterocycles. The van der Waals surface area contributed by atoms with Crippen LogP contribution in [0.5, 0.6) is 11.5 Å². The van der Waals surface area contributed by atoms with Gasteiger partial charge in [-0.3, -0.25) is 9.59 Å². The average molecular weight is 299 g/mol. The number of nitrogens with one attached hydrogen (secondary N) is 1. The minimum absolute atomic E-state index is 0.174. The predicted molar refractivity (Wildman–Crippen MR) is 83.7 cm³/mol. The Morgan fingerprint density at radius 2 is 2.00 bits per heavy atom. The maximum Gasteiger partial charge on any atom is 0.262 e. The molecule has 5 nitrogen and oxygen atoms in total. The minimum Gasteiger partial charge on any atom is -0.493 e. The van der Waals surface area contributed by atoms with Crippen LogP contribution in [0.3, 0.4) is 0 Å². The molecule has 2 rings (SSSR count). The standard InChI is InChI=1S/C17H17NO4/c1-12-4-3-5-14(8-12)18-17(20)11-22-16-9-13(10-19)6-7-15(16)21-2/h3-10H,11H2,1-2H3,(H,18,20). The number of aldehydes is 1.